The van der Waals surface area contributed by atoms with Gasteiger partial charge in [0.25, 0.3) is 0 Å². The van der Waals surface area contributed by atoms with Crippen LogP contribution in [-0.2, 0) is 32.6 Å². The van der Waals surface area contributed by atoms with E-state index in [1.807, 2.05) is 75.4 Å². The summed E-state index contributed by atoms with van der Waals surface area (Å²) in [5, 5.41) is 3.05. The molecule has 1 N–H and O–H groups in total. The summed E-state index contributed by atoms with van der Waals surface area (Å²) in [6.07, 6.45) is 2.42. The molecule has 7 nitrogen and oxygen atoms in total. The smallest absolute Gasteiger partial charge is 0.243 e. The first-order valence-corrected chi connectivity index (χ1v) is 15.7. The van der Waals surface area contributed by atoms with Crippen molar-refractivity contribution in [2.75, 3.05) is 17.1 Å². The summed E-state index contributed by atoms with van der Waals surface area (Å²) in [4.78, 5) is 29.1. The fraction of sp³-hybridized carbons (Fsp3) is 0.375. The van der Waals surface area contributed by atoms with Crippen molar-refractivity contribution in [2.45, 2.75) is 65.1 Å². The second-order valence-electron chi connectivity index (χ2n) is 10.4. The normalized spacial score (nSPS) is 12.8. The largest absolute Gasteiger partial charge is 0.352 e. The molecule has 3 aromatic carbocycles. The Morgan fingerprint density at radius 3 is 2.22 bits per heavy atom. The Hall–Kier alpha value is -3.72. The summed E-state index contributed by atoms with van der Waals surface area (Å²) in [7, 11) is -3.67. The van der Waals surface area contributed by atoms with Gasteiger partial charge >= 0.3 is 0 Å². The molecule has 0 spiro atoms. The van der Waals surface area contributed by atoms with Crippen molar-refractivity contribution in [1.29, 1.82) is 0 Å². The second kappa shape index (κ2) is 14.8. The van der Waals surface area contributed by atoms with Crippen LogP contribution in [-0.4, -0.2) is 50.0 Å². The zero-order chi connectivity index (χ0) is 30.0. The quantitative estimate of drug-likeness (QED) is 0.282. The van der Waals surface area contributed by atoms with E-state index in [1.165, 1.54) is 28.6 Å². The van der Waals surface area contributed by atoms with Crippen LogP contribution < -0.4 is 9.62 Å². The Morgan fingerprint density at radius 1 is 0.951 bits per heavy atom. The predicted octanol–water partition coefficient (Wildman–Crippen LogP) is 5.24. The third-order valence-electron chi connectivity index (χ3n) is 6.97. The molecular weight excluding hydrogens is 541 g/mol. The van der Waals surface area contributed by atoms with Crippen LogP contribution in [0.2, 0.25) is 0 Å². The van der Waals surface area contributed by atoms with Crippen LogP contribution in [0.3, 0.4) is 0 Å². The maximum atomic E-state index is 13.9. The predicted molar refractivity (Wildman–Crippen MR) is 161 cm³/mol. The SMILES string of the molecule is CC[C@@H](C)NC(=O)[C@H](Cc1ccccc1)N(Cc1cccc(C)c1)C(=O)CCCN(c1ccc(F)cc1)S(C)(=O)=O. The van der Waals surface area contributed by atoms with Gasteiger partial charge in [0, 0.05) is 32.0 Å². The minimum Gasteiger partial charge on any atom is -0.352 e. The number of hydrogen-bond acceptors (Lipinski definition) is 4. The van der Waals surface area contributed by atoms with E-state index in [4.69, 9.17) is 0 Å². The van der Waals surface area contributed by atoms with Crippen LogP contribution in [0.15, 0.2) is 78.9 Å². The molecule has 2 amide bonds. The van der Waals surface area contributed by atoms with Crippen LogP contribution in [0.25, 0.3) is 0 Å². The third-order valence-corrected chi connectivity index (χ3v) is 8.17. The van der Waals surface area contributed by atoms with Gasteiger partial charge in [-0.25, -0.2) is 12.8 Å². The molecular formula is C32H40FN3O4S. The number of anilines is 1. The van der Waals surface area contributed by atoms with Crippen molar-refractivity contribution in [3.8, 4) is 0 Å². The fourth-order valence-corrected chi connectivity index (χ4v) is 5.58. The maximum absolute atomic E-state index is 13.9. The lowest BCUT2D eigenvalue weighted by molar-refractivity contribution is -0.141. The molecule has 3 rings (SSSR count). The first-order valence-electron chi connectivity index (χ1n) is 13.9. The van der Waals surface area contributed by atoms with Gasteiger partial charge in [0.2, 0.25) is 21.8 Å². The van der Waals surface area contributed by atoms with Gasteiger partial charge in [-0.2, -0.15) is 0 Å². The number of rotatable bonds is 14. The van der Waals surface area contributed by atoms with Gasteiger partial charge in [0.15, 0.2) is 0 Å². The number of benzene rings is 3. The molecule has 0 aliphatic rings. The van der Waals surface area contributed by atoms with Crippen LogP contribution in [0.5, 0.6) is 0 Å². The monoisotopic (exact) mass is 581 g/mol. The summed E-state index contributed by atoms with van der Waals surface area (Å²) < 4.78 is 39.6. The second-order valence-corrected chi connectivity index (χ2v) is 12.4. The van der Waals surface area contributed by atoms with Crippen molar-refractivity contribution < 1.29 is 22.4 Å². The lowest BCUT2D eigenvalue weighted by atomic mass is 10.0. The molecule has 220 valence electrons. The summed E-state index contributed by atoms with van der Waals surface area (Å²) in [5.41, 5.74) is 3.20. The van der Waals surface area contributed by atoms with E-state index in [-0.39, 0.29) is 43.8 Å². The highest BCUT2D eigenvalue weighted by Crippen LogP contribution is 2.21. The van der Waals surface area contributed by atoms with E-state index in [0.29, 0.717) is 12.1 Å². The molecule has 9 heteroatoms. The molecule has 0 aliphatic heterocycles. The summed E-state index contributed by atoms with van der Waals surface area (Å²) in [5.74, 6) is -0.947. The summed E-state index contributed by atoms with van der Waals surface area (Å²) >= 11 is 0. The molecule has 0 heterocycles. The Bertz CT molecular complexity index is 1400. The molecule has 0 saturated carbocycles. The molecule has 0 bridgehead atoms. The summed E-state index contributed by atoms with van der Waals surface area (Å²) in [6.45, 7) is 6.17. The average Bonchev–Trinajstić information content (AvgIpc) is 2.93. The van der Waals surface area contributed by atoms with E-state index in [1.54, 1.807) is 4.90 Å². The zero-order valence-electron chi connectivity index (χ0n) is 24.2. The zero-order valence-corrected chi connectivity index (χ0v) is 25.0. The Morgan fingerprint density at radius 2 is 1.61 bits per heavy atom. The first kappa shape index (κ1) is 31.8. The first-order chi connectivity index (χ1) is 19.5. The van der Waals surface area contributed by atoms with Gasteiger partial charge in [-0.1, -0.05) is 67.1 Å². The average molecular weight is 582 g/mol. The molecule has 3 aromatic rings. The molecule has 2 atom stereocenters. The highest BCUT2D eigenvalue weighted by molar-refractivity contribution is 7.92. The highest BCUT2D eigenvalue weighted by atomic mass is 32.2. The van der Waals surface area contributed by atoms with E-state index >= 15 is 0 Å². The van der Waals surface area contributed by atoms with Gasteiger partial charge in [0.1, 0.15) is 11.9 Å². The molecule has 0 unspecified atom stereocenters. The number of aryl methyl sites for hydroxylation is 1. The standard InChI is InChI=1S/C32H40FN3O4S/c1-5-25(3)34-32(38)30(22-26-12-7-6-8-13-26)35(23-27-14-9-11-24(2)21-27)31(37)15-10-20-36(41(4,39)40)29-18-16-28(33)17-19-29/h6-9,11-14,16-19,21,25,30H,5,10,15,20,22-23H2,1-4H3,(H,34,38)/t25-,30+/m1/s1. The van der Waals surface area contributed by atoms with Crippen LogP contribution >= 0.6 is 0 Å². The fourth-order valence-electron chi connectivity index (χ4n) is 4.61. The number of nitrogens with zero attached hydrogens (tertiary/aromatic N) is 2. The lowest BCUT2D eigenvalue weighted by Gasteiger charge is -2.33. The van der Waals surface area contributed by atoms with Crippen LogP contribution in [0, 0.1) is 12.7 Å². The summed E-state index contributed by atoms with van der Waals surface area (Å²) in [6, 6.07) is 21.8. The van der Waals surface area contributed by atoms with Crippen molar-refractivity contribution in [2.24, 2.45) is 0 Å². The topological polar surface area (TPSA) is 86.8 Å². The molecule has 0 fully saturated rings. The van der Waals surface area contributed by atoms with Crippen molar-refractivity contribution in [3.05, 3.63) is 101 Å². The van der Waals surface area contributed by atoms with Gasteiger partial charge in [0.05, 0.1) is 11.9 Å². The van der Waals surface area contributed by atoms with E-state index in [0.717, 1.165) is 29.4 Å². The van der Waals surface area contributed by atoms with Gasteiger partial charge in [-0.3, -0.25) is 13.9 Å². The number of sulfonamides is 1. The number of carbonyl (C=O) groups excluding carboxylic acids is 2. The van der Waals surface area contributed by atoms with E-state index < -0.39 is 21.9 Å². The number of nitrogens with one attached hydrogen (secondary N) is 1. The van der Waals surface area contributed by atoms with Crippen molar-refractivity contribution in [3.63, 3.8) is 0 Å². The lowest BCUT2D eigenvalue weighted by Crippen LogP contribution is -2.52. The molecule has 41 heavy (non-hydrogen) atoms. The molecule has 0 radical (unpaired) electrons. The van der Waals surface area contributed by atoms with Crippen molar-refractivity contribution >= 4 is 27.5 Å². The van der Waals surface area contributed by atoms with Gasteiger partial charge < -0.3 is 10.2 Å². The highest BCUT2D eigenvalue weighted by Gasteiger charge is 2.31. The minimum absolute atomic E-state index is 0.0287. The Kier molecular flexibility index (Phi) is 11.5. The van der Waals surface area contributed by atoms with Crippen LogP contribution in [0.4, 0.5) is 10.1 Å². The Labute approximate surface area is 243 Å². The van der Waals surface area contributed by atoms with E-state index in [2.05, 4.69) is 5.32 Å². The maximum Gasteiger partial charge on any atom is 0.243 e. The molecule has 0 aromatic heterocycles. The number of halogens is 1. The minimum atomic E-state index is -3.67. The van der Waals surface area contributed by atoms with E-state index in [9.17, 15) is 22.4 Å². The number of hydrogen-bond donors (Lipinski definition) is 1. The number of amides is 2. The van der Waals surface area contributed by atoms with Crippen molar-refractivity contribution in [1.82, 2.24) is 10.2 Å². The molecule has 0 aliphatic carbocycles. The third kappa shape index (κ3) is 9.70. The van der Waals surface area contributed by atoms with Crippen LogP contribution in [0.1, 0.15) is 49.8 Å². The van der Waals surface area contributed by atoms with Gasteiger partial charge in [-0.15, -0.1) is 0 Å². The van der Waals surface area contributed by atoms with Gasteiger partial charge in [-0.05, 0) is 62.1 Å². The Balaban J connectivity index is 1.89. The number of carbonyl (C=O) groups is 2. The molecule has 0 saturated heterocycles.